The van der Waals surface area contributed by atoms with Crippen LogP contribution in [0.3, 0.4) is 0 Å². The molecule has 7 nitrogen and oxygen atoms in total. The largest absolute Gasteiger partial charge is 0.462 e. The molecule has 0 aliphatic heterocycles. The number of nitrogens with zero attached hydrogens (tertiary/aromatic N) is 2. The number of anilines is 3. The van der Waals surface area contributed by atoms with Crippen molar-refractivity contribution in [3.63, 3.8) is 0 Å². The summed E-state index contributed by atoms with van der Waals surface area (Å²) in [6, 6.07) is 15.2. The zero-order valence-electron chi connectivity index (χ0n) is 15.0. The van der Waals surface area contributed by atoms with Crippen molar-refractivity contribution in [2.75, 3.05) is 17.2 Å². The average molecular weight is 397 g/mol. The van der Waals surface area contributed by atoms with Gasteiger partial charge in [-0.3, -0.25) is 4.79 Å². The van der Waals surface area contributed by atoms with E-state index in [1.54, 1.807) is 49.4 Å². The van der Waals surface area contributed by atoms with Gasteiger partial charge in [-0.25, -0.2) is 14.8 Å². The Morgan fingerprint density at radius 1 is 1.04 bits per heavy atom. The van der Waals surface area contributed by atoms with Gasteiger partial charge in [0, 0.05) is 6.20 Å². The van der Waals surface area contributed by atoms with Gasteiger partial charge in [-0.1, -0.05) is 35.9 Å². The first-order valence-corrected chi connectivity index (χ1v) is 8.88. The van der Waals surface area contributed by atoms with Crippen LogP contribution in [0.15, 0.2) is 60.8 Å². The molecule has 0 radical (unpaired) electrons. The predicted octanol–water partition coefficient (Wildman–Crippen LogP) is 4.30. The maximum atomic E-state index is 12.6. The number of hydrogen-bond acceptors (Lipinski definition) is 6. The van der Waals surface area contributed by atoms with Gasteiger partial charge in [-0.2, -0.15) is 0 Å². The summed E-state index contributed by atoms with van der Waals surface area (Å²) in [7, 11) is 0. The van der Waals surface area contributed by atoms with E-state index in [1.165, 1.54) is 12.3 Å². The monoisotopic (exact) mass is 396 g/mol. The Kier molecular flexibility index (Phi) is 6.18. The summed E-state index contributed by atoms with van der Waals surface area (Å²) < 4.78 is 5.01. The van der Waals surface area contributed by atoms with Gasteiger partial charge in [0.25, 0.3) is 5.91 Å². The van der Waals surface area contributed by atoms with Gasteiger partial charge >= 0.3 is 5.97 Å². The Bertz CT molecular complexity index is 1010. The lowest BCUT2D eigenvalue weighted by Crippen LogP contribution is -2.17. The third-order valence-corrected chi connectivity index (χ3v) is 4.01. The summed E-state index contributed by atoms with van der Waals surface area (Å²) in [5, 5.41) is 6.16. The molecule has 142 valence electrons. The predicted molar refractivity (Wildman–Crippen MR) is 107 cm³/mol. The third kappa shape index (κ3) is 4.63. The number of rotatable bonds is 6. The first-order valence-electron chi connectivity index (χ1n) is 8.50. The Balaban J connectivity index is 1.79. The summed E-state index contributed by atoms with van der Waals surface area (Å²) in [5.74, 6) is -0.775. The molecule has 0 fully saturated rings. The molecule has 3 aromatic rings. The van der Waals surface area contributed by atoms with Gasteiger partial charge < -0.3 is 15.4 Å². The van der Waals surface area contributed by atoms with E-state index < -0.39 is 11.9 Å². The second kappa shape index (κ2) is 8.96. The standard InChI is InChI=1S/C20H17ClN4O3/c1-2-28-19(27)13-7-3-5-9-15(13)23-18(26)17-11-12-22-20(25-17)24-16-10-6-4-8-14(16)21/h3-12H,2H2,1H3,(H,23,26)(H,22,24,25). The molecule has 0 aliphatic rings. The number of hydrogen-bond donors (Lipinski definition) is 2. The van der Waals surface area contributed by atoms with Crippen molar-refractivity contribution in [2.45, 2.75) is 6.92 Å². The number of nitrogens with one attached hydrogen (secondary N) is 2. The highest BCUT2D eigenvalue weighted by Gasteiger charge is 2.16. The van der Waals surface area contributed by atoms with Crippen LogP contribution < -0.4 is 10.6 Å². The minimum atomic E-state index is -0.512. The topological polar surface area (TPSA) is 93.2 Å². The summed E-state index contributed by atoms with van der Waals surface area (Å²) in [6.45, 7) is 1.96. The summed E-state index contributed by atoms with van der Waals surface area (Å²) in [6.07, 6.45) is 1.46. The van der Waals surface area contributed by atoms with Crippen LogP contribution in [0.5, 0.6) is 0 Å². The minimum absolute atomic E-state index is 0.128. The first-order chi connectivity index (χ1) is 13.6. The molecule has 0 bridgehead atoms. The van der Waals surface area contributed by atoms with Crippen molar-refractivity contribution >= 4 is 40.8 Å². The normalized spacial score (nSPS) is 10.2. The van der Waals surface area contributed by atoms with Crippen LogP contribution in [-0.4, -0.2) is 28.5 Å². The molecule has 0 atom stereocenters. The fraction of sp³-hybridized carbons (Fsp3) is 0.100. The number of carbonyl (C=O) groups is 2. The van der Waals surface area contributed by atoms with Crippen molar-refractivity contribution in [1.29, 1.82) is 0 Å². The van der Waals surface area contributed by atoms with E-state index in [2.05, 4.69) is 20.6 Å². The highest BCUT2D eigenvalue weighted by molar-refractivity contribution is 6.33. The molecule has 1 heterocycles. The minimum Gasteiger partial charge on any atom is -0.462 e. The quantitative estimate of drug-likeness (QED) is 0.603. The molecule has 0 unspecified atom stereocenters. The van der Waals surface area contributed by atoms with E-state index in [0.717, 1.165) is 0 Å². The van der Waals surface area contributed by atoms with Crippen LogP contribution in [-0.2, 0) is 4.74 Å². The lowest BCUT2D eigenvalue weighted by atomic mass is 10.1. The van der Waals surface area contributed by atoms with Gasteiger partial charge in [0.15, 0.2) is 0 Å². The molecule has 0 spiro atoms. The molecular formula is C20H17ClN4O3. The van der Waals surface area contributed by atoms with Crippen molar-refractivity contribution in [3.05, 3.63) is 77.1 Å². The van der Waals surface area contributed by atoms with E-state index in [-0.39, 0.29) is 23.8 Å². The van der Waals surface area contributed by atoms with E-state index in [4.69, 9.17) is 16.3 Å². The Morgan fingerprint density at radius 2 is 1.75 bits per heavy atom. The van der Waals surface area contributed by atoms with Crippen molar-refractivity contribution in [2.24, 2.45) is 0 Å². The fourth-order valence-corrected chi connectivity index (χ4v) is 2.58. The van der Waals surface area contributed by atoms with Crippen molar-refractivity contribution < 1.29 is 14.3 Å². The van der Waals surface area contributed by atoms with Gasteiger partial charge in [0.05, 0.1) is 28.6 Å². The number of ether oxygens (including phenoxy) is 1. The molecule has 0 saturated carbocycles. The van der Waals surface area contributed by atoms with Gasteiger partial charge in [0.2, 0.25) is 5.95 Å². The molecule has 2 N–H and O–H groups in total. The zero-order valence-corrected chi connectivity index (χ0v) is 15.7. The molecule has 28 heavy (non-hydrogen) atoms. The van der Waals surface area contributed by atoms with E-state index >= 15 is 0 Å². The molecule has 1 aromatic heterocycles. The smallest absolute Gasteiger partial charge is 0.340 e. The van der Waals surface area contributed by atoms with Crippen molar-refractivity contribution in [3.8, 4) is 0 Å². The SMILES string of the molecule is CCOC(=O)c1ccccc1NC(=O)c1ccnc(Nc2ccccc2Cl)n1. The van der Waals surface area contributed by atoms with Gasteiger partial charge in [0.1, 0.15) is 5.69 Å². The number of benzene rings is 2. The maximum Gasteiger partial charge on any atom is 0.340 e. The second-order valence-electron chi connectivity index (χ2n) is 5.59. The number of esters is 1. The third-order valence-electron chi connectivity index (χ3n) is 3.68. The second-order valence-corrected chi connectivity index (χ2v) is 6.00. The van der Waals surface area contributed by atoms with Gasteiger partial charge in [-0.05, 0) is 37.3 Å². The van der Waals surface area contributed by atoms with E-state index in [0.29, 0.717) is 16.4 Å². The Morgan fingerprint density at radius 3 is 2.50 bits per heavy atom. The highest BCUT2D eigenvalue weighted by Crippen LogP contribution is 2.23. The molecule has 0 aliphatic carbocycles. The van der Waals surface area contributed by atoms with Crippen LogP contribution >= 0.6 is 11.6 Å². The molecule has 0 saturated heterocycles. The van der Waals surface area contributed by atoms with Crippen LogP contribution in [0.2, 0.25) is 5.02 Å². The number of para-hydroxylation sites is 2. The molecule has 3 rings (SSSR count). The molecular weight excluding hydrogens is 380 g/mol. The lowest BCUT2D eigenvalue weighted by Gasteiger charge is -2.11. The number of amides is 1. The number of carbonyl (C=O) groups excluding carboxylic acids is 2. The summed E-state index contributed by atoms with van der Waals surface area (Å²) in [5.41, 5.74) is 1.35. The summed E-state index contributed by atoms with van der Waals surface area (Å²) in [4.78, 5) is 33.0. The lowest BCUT2D eigenvalue weighted by molar-refractivity contribution is 0.0527. The molecule has 1 amide bonds. The highest BCUT2D eigenvalue weighted by atomic mass is 35.5. The van der Waals surface area contributed by atoms with Crippen molar-refractivity contribution in [1.82, 2.24) is 9.97 Å². The Labute approximate surface area is 166 Å². The molecule has 2 aromatic carbocycles. The number of halogens is 1. The Hall–Kier alpha value is -3.45. The molecule has 8 heteroatoms. The zero-order chi connectivity index (χ0) is 19.9. The van der Waals surface area contributed by atoms with E-state index in [1.807, 2.05) is 6.07 Å². The van der Waals surface area contributed by atoms with Crippen LogP contribution in [0.4, 0.5) is 17.3 Å². The van der Waals surface area contributed by atoms with E-state index in [9.17, 15) is 9.59 Å². The van der Waals surface area contributed by atoms with Crippen LogP contribution in [0.1, 0.15) is 27.8 Å². The van der Waals surface area contributed by atoms with Gasteiger partial charge in [-0.15, -0.1) is 0 Å². The van der Waals surface area contributed by atoms with Crippen LogP contribution in [0, 0.1) is 0 Å². The fourth-order valence-electron chi connectivity index (χ4n) is 2.39. The summed E-state index contributed by atoms with van der Waals surface area (Å²) >= 11 is 6.12. The van der Waals surface area contributed by atoms with Crippen LogP contribution in [0.25, 0.3) is 0 Å². The first kappa shape index (κ1) is 19.3. The number of aromatic nitrogens is 2. The average Bonchev–Trinajstić information content (AvgIpc) is 2.70. The maximum absolute atomic E-state index is 12.6.